The van der Waals surface area contributed by atoms with Gasteiger partial charge in [-0.3, -0.25) is 0 Å². The van der Waals surface area contributed by atoms with Crippen LogP contribution in [-0.4, -0.2) is 46.1 Å². The Bertz CT molecular complexity index is 797. The lowest BCUT2D eigenvalue weighted by Crippen LogP contribution is -2.47. The average Bonchev–Trinajstić information content (AvgIpc) is 3.46. The molecule has 4 rings (SSSR count). The third-order valence-corrected chi connectivity index (χ3v) is 4.62. The minimum absolute atomic E-state index is 0.137. The van der Waals surface area contributed by atoms with Crippen LogP contribution < -0.4 is 9.80 Å². The van der Waals surface area contributed by atoms with E-state index in [9.17, 15) is 13.2 Å². The quantitative estimate of drug-likeness (QED) is 0.835. The lowest BCUT2D eigenvalue weighted by molar-refractivity contribution is -0.141. The van der Waals surface area contributed by atoms with Gasteiger partial charge in [0.2, 0.25) is 5.95 Å². The summed E-state index contributed by atoms with van der Waals surface area (Å²) < 4.78 is 38.9. The van der Waals surface area contributed by atoms with E-state index in [0.29, 0.717) is 37.8 Å². The van der Waals surface area contributed by atoms with Gasteiger partial charge in [-0.15, -0.1) is 0 Å². The number of alkyl halides is 3. The van der Waals surface area contributed by atoms with Gasteiger partial charge in [0.1, 0.15) is 17.3 Å². The van der Waals surface area contributed by atoms with Gasteiger partial charge >= 0.3 is 6.18 Å². The first-order chi connectivity index (χ1) is 12.4. The van der Waals surface area contributed by atoms with Gasteiger partial charge in [-0.2, -0.15) is 13.2 Å². The predicted molar refractivity (Wildman–Crippen MR) is 90.2 cm³/mol. The summed E-state index contributed by atoms with van der Waals surface area (Å²) in [6.45, 7) is 3.95. The summed E-state index contributed by atoms with van der Waals surface area (Å²) in [4.78, 5) is 20.8. The zero-order chi connectivity index (χ0) is 18.3. The molecular weight excluding hydrogens is 345 g/mol. The Labute approximate surface area is 149 Å². The number of aryl methyl sites for hydroxylation is 1. The zero-order valence-corrected chi connectivity index (χ0v) is 14.4. The van der Waals surface area contributed by atoms with Crippen molar-refractivity contribution in [2.45, 2.75) is 31.9 Å². The van der Waals surface area contributed by atoms with E-state index in [-0.39, 0.29) is 5.95 Å². The molecule has 2 aromatic heterocycles. The molecule has 0 spiro atoms. The molecule has 1 saturated carbocycles. The molecule has 0 amide bonds. The van der Waals surface area contributed by atoms with Gasteiger partial charge in [0, 0.05) is 44.0 Å². The Kier molecular flexibility index (Phi) is 4.16. The lowest BCUT2D eigenvalue weighted by atomic mass is 10.3. The summed E-state index contributed by atoms with van der Waals surface area (Å²) in [6.07, 6.45) is -0.404. The van der Waals surface area contributed by atoms with E-state index in [4.69, 9.17) is 0 Å². The normalized spacial score (nSPS) is 18.3. The maximum atomic E-state index is 13.0. The monoisotopic (exact) mass is 364 g/mol. The highest BCUT2D eigenvalue weighted by molar-refractivity contribution is 5.42. The lowest BCUT2D eigenvalue weighted by Gasteiger charge is -2.35. The molecule has 9 heteroatoms. The van der Waals surface area contributed by atoms with E-state index < -0.39 is 11.9 Å². The third-order valence-electron chi connectivity index (χ3n) is 4.62. The number of halogens is 3. The summed E-state index contributed by atoms with van der Waals surface area (Å²) in [5, 5.41) is 0. The van der Waals surface area contributed by atoms with Crippen LogP contribution >= 0.6 is 0 Å². The van der Waals surface area contributed by atoms with Gasteiger partial charge < -0.3 is 9.80 Å². The van der Waals surface area contributed by atoms with Crippen LogP contribution in [0.15, 0.2) is 18.3 Å². The highest BCUT2D eigenvalue weighted by Gasteiger charge is 2.34. The maximum Gasteiger partial charge on any atom is 0.433 e. The van der Waals surface area contributed by atoms with E-state index in [1.54, 1.807) is 18.0 Å². The van der Waals surface area contributed by atoms with Crippen molar-refractivity contribution in [3.63, 3.8) is 0 Å². The summed E-state index contributed by atoms with van der Waals surface area (Å²) in [7, 11) is 0. The number of piperazine rings is 1. The van der Waals surface area contributed by atoms with Gasteiger partial charge in [0.15, 0.2) is 0 Å². The number of aromatic nitrogens is 4. The van der Waals surface area contributed by atoms with E-state index in [2.05, 4.69) is 24.8 Å². The second-order valence-electron chi connectivity index (χ2n) is 6.71. The average molecular weight is 364 g/mol. The molecule has 26 heavy (non-hydrogen) atoms. The number of hydrogen-bond donors (Lipinski definition) is 0. The molecule has 3 heterocycles. The van der Waals surface area contributed by atoms with Crippen LogP contribution in [0.3, 0.4) is 0 Å². The summed E-state index contributed by atoms with van der Waals surface area (Å²) in [6, 6.07) is 2.85. The summed E-state index contributed by atoms with van der Waals surface area (Å²) in [5.41, 5.74) is -0.582. The largest absolute Gasteiger partial charge is 0.433 e. The highest BCUT2D eigenvalue weighted by atomic mass is 19.4. The molecule has 138 valence electrons. The van der Waals surface area contributed by atoms with Crippen molar-refractivity contribution < 1.29 is 13.2 Å². The first-order valence-corrected chi connectivity index (χ1v) is 8.66. The SMILES string of the molecule is Cc1cc(C(F)(F)F)nc(N2CCN(c3ccnc(C4CC4)n3)CC2)n1. The Morgan fingerprint density at radius 3 is 2.35 bits per heavy atom. The zero-order valence-electron chi connectivity index (χ0n) is 14.4. The van der Waals surface area contributed by atoms with Crippen LogP contribution in [0, 0.1) is 6.92 Å². The fourth-order valence-electron chi connectivity index (χ4n) is 3.05. The molecule has 0 aromatic carbocycles. The molecular formula is C17H19F3N6. The second kappa shape index (κ2) is 6.37. The van der Waals surface area contributed by atoms with Gasteiger partial charge in [-0.05, 0) is 31.9 Å². The first kappa shape index (κ1) is 17.0. The van der Waals surface area contributed by atoms with E-state index in [0.717, 1.165) is 30.6 Å². The van der Waals surface area contributed by atoms with Crippen LogP contribution in [0.4, 0.5) is 24.9 Å². The van der Waals surface area contributed by atoms with Gasteiger partial charge in [-0.1, -0.05) is 0 Å². The summed E-state index contributed by atoms with van der Waals surface area (Å²) >= 11 is 0. The van der Waals surface area contributed by atoms with Crippen molar-refractivity contribution in [1.29, 1.82) is 0 Å². The fraction of sp³-hybridized carbons (Fsp3) is 0.529. The minimum atomic E-state index is -4.47. The standard InChI is InChI=1S/C17H19F3N6/c1-11-10-13(17(18,19)20)23-16(22-11)26-8-6-25(7-9-26)14-4-5-21-15(24-14)12-2-3-12/h4-5,10,12H,2-3,6-9H2,1H3. The molecule has 2 aliphatic rings. The molecule has 1 aliphatic carbocycles. The van der Waals surface area contributed by atoms with Crippen molar-refractivity contribution in [2.75, 3.05) is 36.0 Å². The van der Waals surface area contributed by atoms with Gasteiger partial charge in [0.05, 0.1) is 0 Å². The molecule has 0 bridgehead atoms. The maximum absolute atomic E-state index is 13.0. The van der Waals surface area contributed by atoms with E-state index >= 15 is 0 Å². The molecule has 1 saturated heterocycles. The second-order valence-corrected chi connectivity index (χ2v) is 6.71. The number of hydrogen-bond acceptors (Lipinski definition) is 6. The van der Waals surface area contributed by atoms with Crippen molar-refractivity contribution in [1.82, 2.24) is 19.9 Å². The Morgan fingerprint density at radius 1 is 1.00 bits per heavy atom. The Morgan fingerprint density at radius 2 is 1.69 bits per heavy atom. The van der Waals surface area contributed by atoms with Crippen LogP contribution in [-0.2, 0) is 6.18 Å². The van der Waals surface area contributed by atoms with Crippen LogP contribution in [0.1, 0.15) is 36.0 Å². The Hall–Kier alpha value is -2.45. The molecule has 0 N–H and O–H groups in total. The minimum Gasteiger partial charge on any atom is -0.353 e. The predicted octanol–water partition coefficient (Wildman–Crippen LogP) is 2.80. The van der Waals surface area contributed by atoms with Crippen LogP contribution in [0.25, 0.3) is 0 Å². The number of anilines is 2. The molecule has 2 fully saturated rings. The molecule has 0 unspecified atom stereocenters. The fourth-order valence-corrected chi connectivity index (χ4v) is 3.05. The number of nitrogens with zero attached hydrogens (tertiary/aromatic N) is 6. The Balaban J connectivity index is 1.47. The molecule has 6 nitrogen and oxygen atoms in total. The first-order valence-electron chi connectivity index (χ1n) is 8.66. The highest BCUT2D eigenvalue weighted by Crippen LogP contribution is 2.38. The van der Waals surface area contributed by atoms with E-state index in [1.165, 1.54) is 0 Å². The smallest absolute Gasteiger partial charge is 0.353 e. The van der Waals surface area contributed by atoms with Crippen molar-refractivity contribution in [2.24, 2.45) is 0 Å². The molecule has 2 aromatic rings. The van der Waals surface area contributed by atoms with Gasteiger partial charge in [0.25, 0.3) is 0 Å². The van der Waals surface area contributed by atoms with Crippen molar-refractivity contribution in [3.05, 3.63) is 35.5 Å². The third kappa shape index (κ3) is 3.56. The van der Waals surface area contributed by atoms with Crippen LogP contribution in [0.2, 0.25) is 0 Å². The molecule has 1 aliphatic heterocycles. The van der Waals surface area contributed by atoms with Crippen molar-refractivity contribution in [3.8, 4) is 0 Å². The molecule has 0 atom stereocenters. The number of rotatable bonds is 3. The van der Waals surface area contributed by atoms with Crippen LogP contribution in [0.5, 0.6) is 0 Å². The topological polar surface area (TPSA) is 58.0 Å². The summed E-state index contributed by atoms with van der Waals surface area (Å²) in [5.74, 6) is 2.39. The van der Waals surface area contributed by atoms with E-state index in [1.807, 2.05) is 6.07 Å². The van der Waals surface area contributed by atoms with Gasteiger partial charge in [-0.25, -0.2) is 19.9 Å². The molecule has 0 radical (unpaired) electrons. The van der Waals surface area contributed by atoms with Crippen molar-refractivity contribution >= 4 is 11.8 Å².